The molecular weight excluding hydrogens is 354 g/mol. The van der Waals surface area contributed by atoms with E-state index in [1.165, 1.54) is 0 Å². The summed E-state index contributed by atoms with van der Waals surface area (Å²) in [6.45, 7) is 5.68. The largest absolute Gasteiger partial charge is 0.368 e. The fourth-order valence-electron chi connectivity index (χ4n) is 3.45. The monoisotopic (exact) mass is 379 g/mol. The van der Waals surface area contributed by atoms with E-state index >= 15 is 0 Å². The topological polar surface area (TPSA) is 61.9 Å². The molecule has 2 saturated heterocycles. The number of rotatable bonds is 5. The molecule has 7 heteroatoms. The third-order valence-electron chi connectivity index (χ3n) is 4.98. The Morgan fingerprint density at radius 3 is 2.73 bits per heavy atom. The summed E-state index contributed by atoms with van der Waals surface area (Å²) >= 11 is 6.01. The Labute approximate surface area is 159 Å². The maximum Gasteiger partial charge on any atom is 0.251 e. The summed E-state index contributed by atoms with van der Waals surface area (Å²) in [6.07, 6.45) is 1.52. The molecular formula is C19H26ClN3O3. The first kappa shape index (κ1) is 19.1. The van der Waals surface area contributed by atoms with Crippen molar-refractivity contribution in [2.24, 2.45) is 0 Å². The second kappa shape index (κ2) is 8.84. The molecule has 0 bridgehead atoms. The molecule has 2 atom stereocenters. The molecule has 3 rings (SSSR count). The smallest absolute Gasteiger partial charge is 0.251 e. The van der Waals surface area contributed by atoms with Gasteiger partial charge in [-0.2, -0.15) is 0 Å². The van der Waals surface area contributed by atoms with Crippen LogP contribution in [0.2, 0.25) is 5.02 Å². The van der Waals surface area contributed by atoms with E-state index < -0.39 is 0 Å². The Morgan fingerprint density at radius 2 is 2.08 bits per heavy atom. The van der Waals surface area contributed by atoms with E-state index in [2.05, 4.69) is 10.2 Å². The fourth-order valence-corrected chi connectivity index (χ4v) is 3.65. The Balaban J connectivity index is 1.42. The van der Waals surface area contributed by atoms with Gasteiger partial charge in [-0.25, -0.2) is 0 Å². The summed E-state index contributed by atoms with van der Waals surface area (Å²) in [4.78, 5) is 28.6. The van der Waals surface area contributed by atoms with Crippen molar-refractivity contribution in [1.29, 1.82) is 0 Å². The molecule has 0 spiro atoms. The highest BCUT2D eigenvalue weighted by molar-refractivity contribution is 6.30. The van der Waals surface area contributed by atoms with Crippen LogP contribution in [0.5, 0.6) is 0 Å². The predicted octanol–water partition coefficient (Wildman–Crippen LogP) is 1.84. The third-order valence-corrected chi connectivity index (χ3v) is 5.22. The van der Waals surface area contributed by atoms with Crippen LogP contribution in [-0.4, -0.2) is 67.0 Å². The highest BCUT2D eigenvalue weighted by Gasteiger charge is 2.30. The van der Waals surface area contributed by atoms with Crippen LogP contribution < -0.4 is 5.32 Å². The van der Waals surface area contributed by atoms with Crippen LogP contribution >= 0.6 is 11.6 Å². The van der Waals surface area contributed by atoms with Crippen LogP contribution in [0.15, 0.2) is 24.3 Å². The van der Waals surface area contributed by atoms with E-state index in [0.717, 1.165) is 18.4 Å². The molecule has 1 aromatic rings. The van der Waals surface area contributed by atoms with E-state index in [1.54, 1.807) is 0 Å². The van der Waals surface area contributed by atoms with E-state index in [9.17, 15) is 9.59 Å². The van der Waals surface area contributed by atoms with E-state index in [0.29, 0.717) is 44.4 Å². The van der Waals surface area contributed by atoms with Gasteiger partial charge in [0.1, 0.15) is 6.10 Å². The Hall–Kier alpha value is -1.63. The summed E-state index contributed by atoms with van der Waals surface area (Å²) in [5.74, 6) is 0.0811. The minimum Gasteiger partial charge on any atom is -0.368 e. The lowest BCUT2D eigenvalue weighted by molar-refractivity contribution is -0.142. The van der Waals surface area contributed by atoms with E-state index in [4.69, 9.17) is 16.3 Å². The first-order chi connectivity index (χ1) is 12.5. The number of ether oxygens (including phenoxy) is 1. The zero-order valence-corrected chi connectivity index (χ0v) is 15.9. The van der Waals surface area contributed by atoms with Gasteiger partial charge in [0.2, 0.25) is 5.91 Å². The van der Waals surface area contributed by atoms with Crippen LogP contribution in [0.1, 0.15) is 31.4 Å². The number of benzene rings is 1. The zero-order valence-electron chi connectivity index (χ0n) is 15.1. The van der Waals surface area contributed by atoms with Crippen molar-refractivity contribution in [2.45, 2.75) is 31.9 Å². The predicted molar refractivity (Wildman–Crippen MR) is 100 cm³/mol. The van der Waals surface area contributed by atoms with Gasteiger partial charge < -0.3 is 15.0 Å². The first-order valence-electron chi connectivity index (χ1n) is 9.20. The van der Waals surface area contributed by atoms with Gasteiger partial charge in [-0.05, 0) is 37.5 Å². The molecule has 142 valence electrons. The molecule has 2 aliphatic heterocycles. The van der Waals surface area contributed by atoms with Crippen LogP contribution in [0, 0.1) is 0 Å². The van der Waals surface area contributed by atoms with Crippen LogP contribution in [-0.2, 0) is 14.3 Å². The summed E-state index contributed by atoms with van der Waals surface area (Å²) in [5, 5.41) is 3.67. The number of nitrogens with zero attached hydrogens (tertiary/aromatic N) is 2. The Bertz CT molecular complexity index is 641. The van der Waals surface area contributed by atoms with Crippen molar-refractivity contribution in [3.63, 3.8) is 0 Å². The summed E-state index contributed by atoms with van der Waals surface area (Å²) in [7, 11) is 0. The number of hydrogen-bond donors (Lipinski definition) is 1. The number of carbonyl (C=O) groups excluding carboxylic acids is 2. The van der Waals surface area contributed by atoms with Gasteiger partial charge in [-0.3, -0.25) is 14.5 Å². The molecule has 2 aliphatic rings. The Kier molecular flexibility index (Phi) is 6.51. The van der Waals surface area contributed by atoms with Gasteiger partial charge in [0.05, 0.1) is 12.6 Å². The van der Waals surface area contributed by atoms with Crippen molar-refractivity contribution >= 4 is 23.4 Å². The highest BCUT2D eigenvalue weighted by atomic mass is 35.5. The molecule has 2 unspecified atom stereocenters. The molecule has 2 amide bonds. The maximum atomic E-state index is 12.4. The molecule has 2 fully saturated rings. The van der Waals surface area contributed by atoms with Crippen molar-refractivity contribution in [3.8, 4) is 0 Å². The fraction of sp³-hybridized carbons (Fsp3) is 0.579. The molecule has 6 nitrogen and oxygen atoms in total. The van der Waals surface area contributed by atoms with Crippen molar-refractivity contribution in [1.82, 2.24) is 15.1 Å². The van der Waals surface area contributed by atoms with Gasteiger partial charge in [-0.15, -0.1) is 0 Å². The summed E-state index contributed by atoms with van der Waals surface area (Å²) in [6, 6.07) is 7.42. The molecule has 0 aliphatic carbocycles. The minimum absolute atomic E-state index is 0.0172. The standard InChI is InChI=1S/C19H26ClN3O3/c1-14(15-4-2-5-16(20)12-15)21-18(24)13-22-7-9-23(10-8-22)19(25)17-6-3-11-26-17/h2,4-5,12,14,17H,3,6-11,13H2,1H3,(H,21,24). The molecule has 0 saturated carbocycles. The SMILES string of the molecule is CC(NC(=O)CN1CCN(C(=O)C2CCCO2)CC1)c1cccc(Cl)c1. The first-order valence-corrected chi connectivity index (χ1v) is 9.58. The maximum absolute atomic E-state index is 12.4. The number of halogens is 1. The molecule has 1 aromatic carbocycles. The normalized spacial score (nSPS) is 22.2. The van der Waals surface area contributed by atoms with Crippen molar-refractivity contribution in [3.05, 3.63) is 34.9 Å². The number of carbonyl (C=O) groups is 2. The second-order valence-electron chi connectivity index (χ2n) is 6.95. The minimum atomic E-state index is -0.261. The van der Waals surface area contributed by atoms with Gasteiger partial charge in [0, 0.05) is 37.8 Å². The van der Waals surface area contributed by atoms with Gasteiger partial charge >= 0.3 is 0 Å². The van der Waals surface area contributed by atoms with Crippen LogP contribution in [0.4, 0.5) is 0 Å². The van der Waals surface area contributed by atoms with Gasteiger partial charge in [0.25, 0.3) is 5.91 Å². The van der Waals surface area contributed by atoms with Gasteiger partial charge in [0.15, 0.2) is 0 Å². The average Bonchev–Trinajstić information content (AvgIpc) is 3.16. The second-order valence-corrected chi connectivity index (χ2v) is 7.38. The summed E-state index contributed by atoms with van der Waals surface area (Å²) in [5.41, 5.74) is 0.984. The number of hydrogen-bond acceptors (Lipinski definition) is 4. The molecule has 26 heavy (non-hydrogen) atoms. The van der Waals surface area contributed by atoms with Crippen molar-refractivity contribution < 1.29 is 14.3 Å². The third kappa shape index (κ3) is 4.96. The average molecular weight is 380 g/mol. The number of nitrogens with one attached hydrogen (secondary N) is 1. The lowest BCUT2D eigenvalue weighted by atomic mass is 10.1. The molecule has 0 aromatic heterocycles. The van der Waals surface area contributed by atoms with Gasteiger partial charge in [-0.1, -0.05) is 23.7 Å². The van der Waals surface area contributed by atoms with Crippen LogP contribution in [0.3, 0.4) is 0 Å². The summed E-state index contributed by atoms with van der Waals surface area (Å²) < 4.78 is 5.48. The molecule has 2 heterocycles. The van der Waals surface area contributed by atoms with E-state index in [-0.39, 0.29) is 24.0 Å². The lowest BCUT2D eigenvalue weighted by Crippen LogP contribution is -2.53. The van der Waals surface area contributed by atoms with Crippen LogP contribution in [0.25, 0.3) is 0 Å². The quantitative estimate of drug-likeness (QED) is 0.848. The Morgan fingerprint density at radius 1 is 1.31 bits per heavy atom. The number of piperazine rings is 1. The zero-order chi connectivity index (χ0) is 18.5. The van der Waals surface area contributed by atoms with E-state index in [1.807, 2.05) is 36.1 Å². The highest BCUT2D eigenvalue weighted by Crippen LogP contribution is 2.18. The number of amides is 2. The lowest BCUT2D eigenvalue weighted by Gasteiger charge is -2.35. The molecule has 1 N–H and O–H groups in total. The van der Waals surface area contributed by atoms with Crippen molar-refractivity contribution in [2.75, 3.05) is 39.3 Å². The molecule has 0 radical (unpaired) electrons.